The van der Waals surface area contributed by atoms with E-state index in [0.717, 1.165) is 17.1 Å². The van der Waals surface area contributed by atoms with E-state index in [1.165, 1.54) is 0 Å². The van der Waals surface area contributed by atoms with E-state index in [1.807, 2.05) is 47.0 Å². The van der Waals surface area contributed by atoms with Crippen molar-refractivity contribution in [2.45, 2.75) is 11.5 Å². The minimum absolute atomic E-state index is 0.143. The molecule has 2 amide bonds. The molecule has 0 saturated carbocycles. The van der Waals surface area contributed by atoms with Gasteiger partial charge in [0.2, 0.25) is 0 Å². The fraction of sp³-hybridized carbons (Fsp3) is 0.438. The van der Waals surface area contributed by atoms with Gasteiger partial charge in [0.15, 0.2) is 13.2 Å². The van der Waals surface area contributed by atoms with Crippen LogP contribution in [0, 0.1) is 0 Å². The van der Waals surface area contributed by atoms with E-state index in [-0.39, 0.29) is 13.2 Å². The number of benzene rings is 1. The third-order valence-corrected chi connectivity index (χ3v) is 6.09. The van der Waals surface area contributed by atoms with E-state index in [2.05, 4.69) is 4.74 Å². The van der Waals surface area contributed by atoms with Crippen molar-refractivity contribution in [1.82, 2.24) is 5.32 Å². The molecule has 7 nitrogen and oxygen atoms in total. The summed E-state index contributed by atoms with van der Waals surface area (Å²) < 4.78 is 15.2. The second kappa shape index (κ2) is 10.2. The maximum absolute atomic E-state index is 11.7. The zero-order valence-corrected chi connectivity index (χ0v) is 15.3. The molecule has 1 aliphatic heterocycles. The van der Waals surface area contributed by atoms with Crippen LogP contribution in [0.1, 0.15) is 17.1 Å². The smallest absolute Gasteiger partial charge is 0.413 e. The second-order valence-corrected chi connectivity index (χ2v) is 7.55. The van der Waals surface area contributed by atoms with Gasteiger partial charge in [-0.1, -0.05) is 18.2 Å². The molecule has 0 unspecified atom stereocenters. The van der Waals surface area contributed by atoms with Gasteiger partial charge in [-0.25, -0.2) is 9.59 Å². The molecule has 1 aliphatic rings. The van der Waals surface area contributed by atoms with Gasteiger partial charge in [0.05, 0.1) is 11.2 Å². The molecule has 136 valence electrons. The third kappa shape index (κ3) is 6.50. The van der Waals surface area contributed by atoms with E-state index in [9.17, 15) is 14.4 Å². The first-order chi connectivity index (χ1) is 12.1. The molecular formula is C16H19NO6S2. The topological polar surface area (TPSA) is 90.9 Å². The second-order valence-electron chi connectivity index (χ2n) is 4.83. The van der Waals surface area contributed by atoms with Crippen LogP contribution in [0.15, 0.2) is 24.3 Å². The number of nitrogens with one attached hydrogen (secondary N) is 1. The summed E-state index contributed by atoms with van der Waals surface area (Å²) in [6, 6.07) is 7.54. The van der Waals surface area contributed by atoms with Crippen molar-refractivity contribution in [2.24, 2.45) is 0 Å². The molecule has 1 N–H and O–H groups in total. The van der Waals surface area contributed by atoms with Gasteiger partial charge in [-0.3, -0.25) is 10.1 Å². The van der Waals surface area contributed by atoms with E-state index >= 15 is 0 Å². The third-order valence-electron chi connectivity index (χ3n) is 3.02. The summed E-state index contributed by atoms with van der Waals surface area (Å²) in [5.74, 6) is 1.34. The number of hydrogen-bond donors (Lipinski definition) is 1. The number of para-hydroxylation sites is 1. The molecule has 1 aromatic carbocycles. The maximum atomic E-state index is 11.7. The summed E-state index contributed by atoms with van der Waals surface area (Å²) >= 11 is 3.68. The maximum Gasteiger partial charge on any atom is 0.413 e. The van der Waals surface area contributed by atoms with Gasteiger partial charge < -0.3 is 14.2 Å². The molecule has 1 fully saturated rings. The van der Waals surface area contributed by atoms with Crippen LogP contribution >= 0.6 is 23.5 Å². The molecule has 25 heavy (non-hydrogen) atoms. The lowest BCUT2D eigenvalue weighted by atomic mass is 10.2. The lowest BCUT2D eigenvalue weighted by Gasteiger charge is -2.14. The van der Waals surface area contributed by atoms with Crippen LogP contribution in [0.3, 0.4) is 0 Å². The summed E-state index contributed by atoms with van der Waals surface area (Å²) in [4.78, 5) is 34.2. The summed E-state index contributed by atoms with van der Waals surface area (Å²) in [6.07, 6.45) is -0.875. The molecule has 0 aliphatic carbocycles. The Morgan fingerprint density at radius 1 is 1.12 bits per heavy atom. The Hall–Kier alpha value is -1.87. The molecular weight excluding hydrogens is 366 g/mol. The fourth-order valence-electron chi connectivity index (χ4n) is 1.99. The Kier molecular flexibility index (Phi) is 7.93. The average Bonchev–Trinajstić information content (AvgIpc) is 3.13. The first-order valence-corrected chi connectivity index (χ1v) is 9.77. The highest BCUT2D eigenvalue weighted by Crippen LogP contribution is 2.48. The fourth-order valence-corrected chi connectivity index (χ4v) is 4.89. The minimum atomic E-state index is -0.875. The molecule has 0 bridgehead atoms. The lowest BCUT2D eigenvalue weighted by Crippen LogP contribution is -2.35. The van der Waals surface area contributed by atoms with Gasteiger partial charge in [-0.05, 0) is 13.0 Å². The molecule has 0 atom stereocenters. The van der Waals surface area contributed by atoms with Crippen molar-refractivity contribution in [3.05, 3.63) is 29.8 Å². The van der Waals surface area contributed by atoms with Gasteiger partial charge in [-0.2, -0.15) is 0 Å². The van der Waals surface area contributed by atoms with Gasteiger partial charge in [-0.15, -0.1) is 23.5 Å². The van der Waals surface area contributed by atoms with Crippen LogP contribution < -0.4 is 10.1 Å². The molecule has 1 aromatic rings. The largest absolute Gasteiger partial charge is 0.482 e. The van der Waals surface area contributed by atoms with Crippen LogP contribution in [-0.2, 0) is 19.1 Å². The van der Waals surface area contributed by atoms with Crippen molar-refractivity contribution < 1.29 is 28.6 Å². The number of esters is 1. The first kappa shape index (κ1) is 19.5. The van der Waals surface area contributed by atoms with E-state index in [0.29, 0.717) is 10.3 Å². The Morgan fingerprint density at radius 2 is 1.84 bits per heavy atom. The van der Waals surface area contributed by atoms with E-state index < -0.39 is 24.6 Å². The monoisotopic (exact) mass is 385 g/mol. The van der Waals surface area contributed by atoms with Crippen molar-refractivity contribution >= 4 is 41.5 Å². The Bertz CT molecular complexity index is 618. The molecule has 1 saturated heterocycles. The number of hydrogen-bond acceptors (Lipinski definition) is 8. The highest BCUT2D eigenvalue weighted by molar-refractivity contribution is 8.19. The number of imide groups is 1. The normalized spacial score (nSPS) is 14.0. The van der Waals surface area contributed by atoms with Gasteiger partial charge in [0, 0.05) is 17.1 Å². The molecule has 0 spiro atoms. The van der Waals surface area contributed by atoms with Gasteiger partial charge in [0.1, 0.15) is 5.75 Å². The Morgan fingerprint density at radius 3 is 2.56 bits per heavy atom. The number of alkyl carbamates (subject to hydrolysis) is 1. The molecule has 1 heterocycles. The lowest BCUT2D eigenvalue weighted by molar-refractivity contribution is -0.150. The zero-order valence-electron chi connectivity index (χ0n) is 13.7. The molecule has 0 aromatic heterocycles. The summed E-state index contributed by atoms with van der Waals surface area (Å²) in [6.45, 7) is 0.869. The van der Waals surface area contributed by atoms with Crippen molar-refractivity contribution in [3.63, 3.8) is 0 Å². The number of rotatable bonds is 7. The van der Waals surface area contributed by atoms with E-state index in [1.54, 1.807) is 13.0 Å². The van der Waals surface area contributed by atoms with Crippen LogP contribution in [0.4, 0.5) is 4.79 Å². The highest BCUT2D eigenvalue weighted by atomic mass is 32.2. The predicted molar refractivity (Wildman–Crippen MR) is 95.7 cm³/mol. The van der Waals surface area contributed by atoms with Crippen molar-refractivity contribution in [2.75, 3.05) is 31.3 Å². The number of amides is 2. The van der Waals surface area contributed by atoms with Gasteiger partial charge in [0.25, 0.3) is 5.91 Å². The predicted octanol–water partition coefficient (Wildman–Crippen LogP) is 2.36. The number of carbonyl (C=O) groups is 3. The molecule has 0 radical (unpaired) electrons. The summed E-state index contributed by atoms with van der Waals surface area (Å²) in [5.41, 5.74) is 1.03. The quantitative estimate of drug-likeness (QED) is 0.716. The molecule has 2 rings (SSSR count). The molecule has 9 heteroatoms. The van der Waals surface area contributed by atoms with Gasteiger partial charge >= 0.3 is 12.1 Å². The highest BCUT2D eigenvalue weighted by Gasteiger charge is 2.22. The van der Waals surface area contributed by atoms with Crippen LogP contribution in [0.2, 0.25) is 0 Å². The van der Waals surface area contributed by atoms with Crippen LogP contribution in [0.25, 0.3) is 0 Å². The number of carbonyl (C=O) groups excluding carboxylic acids is 3. The standard InChI is InChI=1S/C16H19NO6S2/c1-2-21-16(20)17-13(18)9-23-14(19)10-22-12-6-4-3-5-11(12)15-24-7-8-25-15/h3-6,15H,2,7-10H2,1H3,(H,17,18,20). The Balaban J connectivity index is 1.77. The number of ether oxygens (including phenoxy) is 3. The SMILES string of the molecule is CCOC(=O)NC(=O)COC(=O)COc1ccccc1C1SCCS1. The van der Waals surface area contributed by atoms with Crippen LogP contribution in [-0.4, -0.2) is 49.3 Å². The van der Waals surface area contributed by atoms with E-state index in [4.69, 9.17) is 9.47 Å². The summed E-state index contributed by atoms with van der Waals surface area (Å²) in [7, 11) is 0. The zero-order chi connectivity index (χ0) is 18.1. The summed E-state index contributed by atoms with van der Waals surface area (Å²) in [5, 5.41) is 1.93. The minimum Gasteiger partial charge on any atom is -0.482 e. The van der Waals surface area contributed by atoms with Crippen molar-refractivity contribution in [1.29, 1.82) is 0 Å². The number of thioether (sulfide) groups is 2. The van der Waals surface area contributed by atoms with Crippen molar-refractivity contribution in [3.8, 4) is 5.75 Å². The average molecular weight is 385 g/mol. The first-order valence-electron chi connectivity index (χ1n) is 7.67. The Labute approximate surface area is 154 Å². The van der Waals surface area contributed by atoms with Crippen LogP contribution in [0.5, 0.6) is 5.75 Å².